The van der Waals surface area contributed by atoms with E-state index in [9.17, 15) is 0 Å². The first-order valence-corrected chi connectivity index (χ1v) is 9.05. The number of hydrogen-bond acceptors (Lipinski definition) is 4. The van der Waals surface area contributed by atoms with Gasteiger partial charge in [-0.15, -0.1) is 0 Å². The molecule has 4 nitrogen and oxygen atoms in total. The first-order valence-electron chi connectivity index (χ1n) is 7.97. The standard InChI is InChI=1S/C16H26IN3O/c1-4-21-16(9-7-5-6-8-10-16)15-19-13(11(2)3)12(17)14(18)20-15/h11H,4-10H2,1-3H3,(H2,18,19,20). The number of ether oxygens (including phenoxy) is 1. The van der Waals surface area contributed by atoms with E-state index < -0.39 is 0 Å². The third kappa shape index (κ3) is 3.67. The first-order chi connectivity index (χ1) is 10.00. The SMILES string of the molecule is CCOC1(c2nc(N)c(I)c(C(C)C)n2)CCCCCC1. The molecule has 1 aliphatic rings. The van der Waals surface area contributed by atoms with Gasteiger partial charge in [-0.25, -0.2) is 9.97 Å². The fraction of sp³-hybridized carbons (Fsp3) is 0.750. The molecule has 2 N–H and O–H groups in total. The molecule has 0 aromatic carbocycles. The van der Waals surface area contributed by atoms with E-state index in [-0.39, 0.29) is 5.60 Å². The van der Waals surface area contributed by atoms with Crippen molar-refractivity contribution in [2.24, 2.45) is 0 Å². The maximum atomic E-state index is 6.18. The van der Waals surface area contributed by atoms with Crippen molar-refractivity contribution in [2.45, 2.75) is 70.8 Å². The van der Waals surface area contributed by atoms with Gasteiger partial charge in [0.1, 0.15) is 11.4 Å². The summed E-state index contributed by atoms with van der Waals surface area (Å²) in [6, 6.07) is 0. The molecule has 0 unspecified atom stereocenters. The van der Waals surface area contributed by atoms with Gasteiger partial charge in [0.05, 0.1) is 9.26 Å². The van der Waals surface area contributed by atoms with E-state index in [1.165, 1.54) is 25.7 Å². The Morgan fingerprint density at radius 2 is 1.81 bits per heavy atom. The second-order valence-electron chi connectivity index (χ2n) is 6.13. The maximum Gasteiger partial charge on any atom is 0.162 e. The topological polar surface area (TPSA) is 61.0 Å². The molecule has 2 rings (SSSR count). The lowest BCUT2D eigenvalue weighted by Gasteiger charge is -2.32. The van der Waals surface area contributed by atoms with Gasteiger partial charge in [0.15, 0.2) is 5.82 Å². The number of nitrogen functional groups attached to an aromatic ring is 1. The third-order valence-corrected chi connectivity index (χ3v) is 5.29. The molecule has 1 aromatic heterocycles. The molecule has 0 saturated heterocycles. The second-order valence-corrected chi connectivity index (χ2v) is 7.21. The Bertz CT molecular complexity index is 483. The molecular formula is C16H26IN3O. The normalized spacial score (nSPS) is 18.7. The molecule has 0 bridgehead atoms. The molecule has 1 fully saturated rings. The minimum absolute atomic E-state index is 0.338. The zero-order valence-electron chi connectivity index (χ0n) is 13.3. The maximum absolute atomic E-state index is 6.18. The van der Waals surface area contributed by atoms with Crippen LogP contribution < -0.4 is 5.73 Å². The summed E-state index contributed by atoms with van der Waals surface area (Å²) < 4.78 is 7.16. The molecule has 0 spiro atoms. The first kappa shape index (κ1) is 16.9. The van der Waals surface area contributed by atoms with Crippen LogP contribution in [0, 0.1) is 3.57 Å². The van der Waals surface area contributed by atoms with E-state index in [0.29, 0.717) is 18.3 Å². The molecule has 0 amide bonds. The molecule has 21 heavy (non-hydrogen) atoms. The minimum Gasteiger partial charge on any atom is -0.383 e. The second kappa shape index (κ2) is 7.22. The highest BCUT2D eigenvalue weighted by molar-refractivity contribution is 14.1. The molecule has 5 heteroatoms. The Labute approximate surface area is 141 Å². The molecule has 1 aromatic rings. The van der Waals surface area contributed by atoms with Gasteiger partial charge in [-0.2, -0.15) is 0 Å². The van der Waals surface area contributed by atoms with Crippen molar-refractivity contribution in [3.63, 3.8) is 0 Å². The quantitative estimate of drug-likeness (QED) is 0.599. The number of rotatable bonds is 4. The van der Waals surface area contributed by atoms with Gasteiger partial charge in [-0.1, -0.05) is 39.5 Å². The fourth-order valence-electron chi connectivity index (χ4n) is 3.08. The summed E-state index contributed by atoms with van der Waals surface area (Å²) in [5.41, 5.74) is 6.85. The smallest absolute Gasteiger partial charge is 0.162 e. The van der Waals surface area contributed by atoms with Gasteiger partial charge in [0.2, 0.25) is 0 Å². The van der Waals surface area contributed by atoms with Gasteiger partial charge in [0.25, 0.3) is 0 Å². The zero-order chi connectivity index (χ0) is 15.5. The summed E-state index contributed by atoms with van der Waals surface area (Å²) >= 11 is 2.25. The monoisotopic (exact) mass is 403 g/mol. The number of nitrogens with zero attached hydrogens (tertiary/aromatic N) is 2. The average molecular weight is 403 g/mol. The predicted octanol–water partition coefficient (Wildman–Crippen LogP) is 4.37. The Balaban J connectivity index is 2.49. The van der Waals surface area contributed by atoms with Crippen LogP contribution in [0.1, 0.15) is 76.7 Å². The van der Waals surface area contributed by atoms with E-state index in [2.05, 4.69) is 41.4 Å². The van der Waals surface area contributed by atoms with Crippen LogP contribution in [0.3, 0.4) is 0 Å². The molecule has 0 aliphatic heterocycles. The lowest BCUT2D eigenvalue weighted by Crippen LogP contribution is -2.33. The lowest BCUT2D eigenvalue weighted by molar-refractivity contribution is -0.0625. The summed E-state index contributed by atoms with van der Waals surface area (Å²) in [6.07, 6.45) is 6.88. The van der Waals surface area contributed by atoms with E-state index in [4.69, 9.17) is 15.5 Å². The van der Waals surface area contributed by atoms with Crippen molar-refractivity contribution in [3.05, 3.63) is 15.1 Å². The highest BCUT2D eigenvalue weighted by atomic mass is 127. The average Bonchev–Trinajstić information content (AvgIpc) is 2.68. The number of anilines is 1. The van der Waals surface area contributed by atoms with Crippen LogP contribution in [0.5, 0.6) is 0 Å². The Morgan fingerprint density at radius 1 is 1.19 bits per heavy atom. The fourth-order valence-corrected chi connectivity index (χ4v) is 3.94. The number of halogens is 1. The highest BCUT2D eigenvalue weighted by Gasteiger charge is 2.37. The predicted molar refractivity (Wildman–Crippen MR) is 94.3 cm³/mol. The van der Waals surface area contributed by atoms with Gasteiger partial charge >= 0.3 is 0 Å². The largest absolute Gasteiger partial charge is 0.383 e. The van der Waals surface area contributed by atoms with Crippen molar-refractivity contribution >= 4 is 28.4 Å². The van der Waals surface area contributed by atoms with E-state index in [0.717, 1.165) is 27.9 Å². The number of aromatic nitrogens is 2. The lowest BCUT2D eigenvalue weighted by atomic mass is 9.92. The summed E-state index contributed by atoms with van der Waals surface area (Å²) in [5.74, 6) is 1.73. The van der Waals surface area contributed by atoms with Gasteiger partial charge in [0, 0.05) is 6.61 Å². The molecular weight excluding hydrogens is 377 g/mol. The summed E-state index contributed by atoms with van der Waals surface area (Å²) in [4.78, 5) is 9.47. The number of nitrogens with two attached hydrogens (primary N) is 1. The molecule has 1 aliphatic carbocycles. The van der Waals surface area contributed by atoms with E-state index in [1.807, 2.05) is 6.92 Å². The molecule has 118 valence electrons. The van der Waals surface area contributed by atoms with Crippen LogP contribution >= 0.6 is 22.6 Å². The van der Waals surface area contributed by atoms with E-state index in [1.54, 1.807) is 0 Å². The van der Waals surface area contributed by atoms with Crippen LogP contribution in [-0.2, 0) is 10.3 Å². The van der Waals surface area contributed by atoms with Crippen molar-refractivity contribution in [2.75, 3.05) is 12.3 Å². The van der Waals surface area contributed by atoms with Crippen LogP contribution in [-0.4, -0.2) is 16.6 Å². The molecule has 0 atom stereocenters. The third-order valence-electron chi connectivity index (χ3n) is 4.19. The van der Waals surface area contributed by atoms with Gasteiger partial charge in [-0.3, -0.25) is 0 Å². The zero-order valence-corrected chi connectivity index (χ0v) is 15.4. The molecule has 1 saturated carbocycles. The van der Waals surface area contributed by atoms with Gasteiger partial charge in [-0.05, 0) is 48.3 Å². The van der Waals surface area contributed by atoms with Crippen LogP contribution in [0.25, 0.3) is 0 Å². The summed E-state index contributed by atoms with van der Waals surface area (Å²) in [6.45, 7) is 7.03. The molecule has 0 radical (unpaired) electrons. The van der Waals surface area contributed by atoms with Crippen molar-refractivity contribution in [3.8, 4) is 0 Å². The Hall–Kier alpha value is -0.430. The van der Waals surface area contributed by atoms with Crippen molar-refractivity contribution in [1.82, 2.24) is 9.97 Å². The van der Waals surface area contributed by atoms with Gasteiger partial charge < -0.3 is 10.5 Å². The number of hydrogen-bond donors (Lipinski definition) is 1. The van der Waals surface area contributed by atoms with Crippen molar-refractivity contribution < 1.29 is 4.74 Å². The van der Waals surface area contributed by atoms with Crippen LogP contribution in [0.4, 0.5) is 5.82 Å². The minimum atomic E-state index is -0.340. The molecule has 1 heterocycles. The highest BCUT2D eigenvalue weighted by Crippen LogP contribution is 2.39. The van der Waals surface area contributed by atoms with Crippen LogP contribution in [0.2, 0.25) is 0 Å². The summed E-state index contributed by atoms with van der Waals surface area (Å²) in [7, 11) is 0. The Kier molecular flexibility index (Phi) is 5.82. The van der Waals surface area contributed by atoms with Crippen molar-refractivity contribution in [1.29, 1.82) is 0 Å². The Morgan fingerprint density at radius 3 is 2.33 bits per heavy atom. The van der Waals surface area contributed by atoms with Crippen LogP contribution in [0.15, 0.2) is 0 Å². The van der Waals surface area contributed by atoms with E-state index >= 15 is 0 Å². The summed E-state index contributed by atoms with van der Waals surface area (Å²) in [5, 5.41) is 0.